The van der Waals surface area contributed by atoms with Crippen LogP contribution in [0.2, 0.25) is 5.02 Å². The van der Waals surface area contributed by atoms with Gasteiger partial charge in [0.05, 0.1) is 0 Å². The van der Waals surface area contributed by atoms with E-state index in [2.05, 4.69) is 21.2 Å². The lowest BCUT2D eigenvalue weighted by Crippen LogP contribution is -2.11. The normalized spacial score (nSPS) is 10.1. The lowest BCUT2D eigenvalue weighted by molar-refractivity contribution is 0.102. The molecule has 2 aromatic rings. The molecule has 2 nitrogen and oxygen atoms in total. The first-order chi connectivity index (χ1) is 8.69. The number of hydrogen-bond donors (Lipinski definition) is 1. The average molecular weight is 325 g/mol. The third-order valence-electron chi connectivity index (χ3n) is 2.45. The maximum Gasteiger partial charge on any atom is 0.255 e. The standard InChI is InChI=1S/C14H11BrClNO/c15-9-10-2-1-3-13(8-10)17-14(18)11-4-6-12(16)7-5-11/h1-8H,9H2,(H,17,18). The molecule has 0 radical (unpaired) electrons. The molecule has 0 saturated carbocycles. The number of anilines is 1. The highest BCUT2D eigenvalue weighted by Crippen LogP contribution is 2.15. The summed E-state index contributed by atoms with van der Waals surface area (Å²) in [6.07, 6.45) is 0. The van der Waals surface area contributed by atoms with Crippen LogP contribution >= 0.6 is 27.5 Å². The molecule has 2 aromatic carbocycles. The number of carbonyl (C=O) groups is 1. The second kappa shape index (κ2) is 6.03. The van der Waals surface area contributed by atoms with Gasteiger partial charge in [0.25, 0.3) is 5.91 Å². The van der Waals surface area contributed by atoms with Gasteiger partial charge < -0.3 is 5.32 Å². The van der Waals surface area contributed by atoms with Gasteiger partial charge in [0.15, 0.2) is 0 Å². The number of alkyl halides is 1. The van der Waals surface area contributed by atoms with Gasteiger partial charge in [-0.25, -0.2) is 0 Å². The molecule has 0 aromatic heterocycles. The number of rotatable bonds is 3. The zero-order valence-corrected chi connectivity index (χ0v) is 11.8. The highest BCUT2D eigenvalue weighted by atomic mass is 79.9. The number of benzene rings is 2. The molecule has 0 saturated heterocycles. The number of nitrogens with one attached hydrogen (secondary N) is 1. The van der Waals surface area contributed by atoms with Crippen molar-refractivity contribution < 1.29 is 4.79 Å². The van der Waals surface area contributed by atoms with Crippen molar-refractivity contribution in [3.05, 3.63) is 64.7 Å². The van der Waals surface area contributed by atoms with Crippen LogP contribution in [0.4, 0.5) is 5.69 Å². The first kappa shape index (κ1) is 13.1. The van der Waals surface area contributed by atoms with Crippen molar-refractivity contribution in [1.29, 1.82) is 0 Å². The van der Waals surface area contributed by atoms with Crippen LogP contribution in [-0.4, -0.2) is 5.91 Å². The summed E-state index contributed by atoms with van der Waals surface area (Å²) >= 11 is 9.16. The van der Waals surface area contributed by atoms with Gasteiger partial charge >= 0.3 is 0 Å². The van der Waals surface area contributed by atoms with Gasteiger partial charge in [0.2, 0.25) is 0 Å². The second-order valence-corrected chi connectivity index (χ2v) is 4.79. The predicted molar refractivity (Wildman–Crippen MR) is 78.5 cm³/mol. The molecule has 0 aliphatic carbocycles. The van der Waals surface area contributed by atoms with Crippen molar-refractivity contribution in [2.24, 2.45) is 0 Å². The molecule has 4 heteroatoms. The Morgan fingerprint density at radius 1 is 1.17 bits per heavy atom. The largest absolute Gasteiger partial charge is 0.322 e. The molecular formula is C14H11BrClNO. The summed E-state index contributed by atoms with van der Waals surface area (Å²) in [6, 6.07) is 14.5. The first-order valence-corrected chi connectivity index (χ1v) is 6.91. The molecule has 0 aliphatic rings. The van der Waals surface area contributed by atoms with Crippen molar-refractivity contribution in [2.45, 2.75) is 5.33 Å². The Hall–Kier alpha value is -1.32. The maximum absolute atomic E-state index is 12.0. The molecule has 0 fully saturated rings. The quantitative estimate of drug-likeness (QED) is 0.828. The van der Waals surface area contributed by atoms with E-state index < -0.39 is 0 Å². The lowest BCUT2D eigenvalue weighted by Gasteiger charge is -2.06. The van der Waals surface area contributed by atoms with Gasteiger partial charge in [-0.05, 0) is 42.0 Å². The van der Waals surface area contributed by atoms with E-state index in [9.17, 15) is 4.79 Å². The average Bonchev–Trinajstić information content (AvgIpc) is 2.39. The van der Waals surface area contributed by atoms with Crippen LogP contribution in [0, 0.1) is 0 Å². The fourth-order valence-corrected chi connectivity index (χ4v) is 2.01. The number of amides is 1. The van der Waals surface area contributed by atoms with Gasteiger partial charge in [0.1, 0.15) is 0 Å². The summed E-state index contributed by atoms with van der Waals surface area (Å²) in [5.41, 5.74) is 2.49. The van der Waals surface area contributed by atoms with Gasteiger partial charge in [-0.1, -0.05) is 39.7 Å². The Bertz CT molecular complexity index is 554. The van der Waals surface area contributed by atoms with Crippen molar-refractivity contribution in [1.82, 2.24) is 0 Å². The topological polar surface area (TPSA) is 29.1 Å². The summed E-state index contributed by atoms with van der Waals surface area (Å²) in [7, 11) is 0. The third-order valence-corrected chi connectivity index (χ3v) is 3.35. The molecule has 0 aliphatic heterocycles. The Labute approximate surface area is 119 Å². The van der Waals surface area contributed by atoms with Crippen LogP contribution in [0.5, 0.6) is 0 Å². The monoisotopic (exact) mass is 323 g/mol. The Morgan fingerprint density at radius 3 is 2.56 bits per heavy atom. The van der Waals surface area contributed by atoms with E-state index >= 15 is 0 Å². The van der Waals surface area contributed by atoms with Crippen molar-refractivity contribution in [3.63, 3.8) is 0 Å². The second-order valence-electron chi connectivity index (χ2n) is 3.80. The molecule has 0 bridgehead atoms. The molecular weight excluding hydrogens is 314 g/mol. The molecule has 0 unspecified atom stereocenters. The third kappa shape index (κ3) is 3.34. The van der Waals surface area contributed by atoms with Crippen LogP contribution in [0.3, 0.4) is 0 Å². The number of hydrogen-bond acceptors (Lipinski definition) is 1. The van der Waals surface area contributed by atoms with E-state index in [0.717, 1.165) is 16.6 Å². The molecule has 0 spiro atoms. The van der Waals surface area contributed by atoms with Crippen LogP contribution in [0.15, 0.2) is 48.5 Å². The minimum Gasteiger partial charge on any atom is -0.322 e. The summed E-state index contributed by atoms with van der Waals surface area (Å²) in [4.78, 5) is 12.0. The predicted octanol–water partition coefficient (Wildman–Crippen LogP) is 4.49. The molecule has 0 atom stereocenters. The van der Waals surface area contributed by atoms with Crippen LogP contribution in [0.25, 0.3) is 0 Å². The van der Waals surface area contributed by atoms with E-state index in [-0.39, 0.29) is 5.91 Å². The summed E-state index contributed by atoms with van der Waals surface area (Å²) < 4.78 is 0. The van der Waals surface area contributed by atoms with Crippen LogP contribution in [-0.2, 0) is 5.33 Å². The van der Waals surface area contributed by atoms with Crippen molar-refractivity contribution in [3.8, 4) is 0 Å². The van der Waals surface area contributed by atoms with Crippen LogP contribution < -0.4 is 5.32 Å². The lowest BCUT2D eigenvalue weighted by atomic mass is 10.2. The van der Waals surface area contributed by atoms with Crippen LogP contribution in [0.1, 0.15) is 15.9 Å². The van der Waals surface area contributed by atoms with E-state index in [4.69, 9.17) is 11.6 Å². The zero-order chi connectivity index (χ0) is 13.0. The Balaban J connectivity index is 2.13. The maximum atomic E-state index is 12.0. The molecule has 1 N–H and O–H groups in total. The Kier molecular flexibility index (Phi) is 4.39. The zero-order valence-electron chi connectivity index (χ0n) is 9.49. The van der Waals surface area contributed by atoms with Crippen molar-refractivity contribution in [2.75, 3.05) is 5.32 Å². The summed E-state index contributed by atoms with van der Waals surface area (Å²) in [5, 5.41) is 4.23. The highest BCUT2D eigenvalue weighted by Gasteiger charge is 2.05. The van der Waals surface area contributed by atoms with E-state index in [1.165, 1.54) is 0 Å². The molecule has 1 amide bonds. The first-order valence-electron chi connectivity index (χ1n) is 5.41. The fraction of sp³-hybridized carbons (Fsp3) is 0.0714. The number of halogens is 2. The highest BCUT2D eigenvalue weighted by molar-refractivity contribution is 9.08. The van der Waals surface area contributed by atoms with E-state index in [0.29, 0.717) is 10.6 Å². The molecule has 2 rings (SSSR count). The molecule has 92 valence electrons. The number of carbonyl (C=O) groups excluding carboxylic acids is 1. The van der Waals surface area contributed by atoms with Gasteiger partial charge in [-0.15, -0.1) is 0 Å². The van der Waals surface area contributed by atoms with Gasteiger partial charge in [0, 0.05) is 21.6 Å². The summed E-state index contributed by atoms with van der Waals surface area (Å²) in [5.74, 6) is -0.140. The van der Waals surface area contributed by atoms with Crippen molar-refractivity contribution >= 4 is 39.1 Å². The minimum absolute atomic E-state index is 0.140. The fourth-order valence-electron chi connectivity index (χ4n) is 1.54. The van der Waals surface area contributed by atoms with E-state index in [1.54, 1.807) is 24.3 Å². The molecule has 18 heavy (non-hydrogen) atoms. The smallest absolute Gasteiger partial charge is 0.255 e. The molecule has 0 heterocycles. The Morgan fingerprint density at radius 2 is 1.89 bits per heavy atom. The summed E-state index contributed by atoms with van der Waals surface area (Å²) in [6.45, 7) is 0. The van der Waals surface area contributed by atoms with Gasteiger partial charge in [-0.2, -0.15) is 0 Å². The SMILES string of the molecule is O=C(Nc1cccc(CBr)c1)c1ccc(Cl)cc1. The van der Waals surface area contributed by atoms with E-state index in [1.807, 2.05) is 24.3 Å². The van der Waals surface area contributed by atoms with Gasteiger partial charge in [-0.3, -0.25) is 4.79 Å². The minimum atomic E-state index is -0.140.